The Balaban J connectivity index is 1.10. The van der Waals surface area contributed by atoms with Crippen molar-refractivity contribution in [1.29, 1.82) is 0 Å². The van der Waals surface area contributed by atoms with Gasteiger partial charge in [-0.05, 0) is 102 Å². The van der Waals surface area contributed by atoms with E-state index in [1.807, 2.05) is 37.2 Å². The second-order valence-corrected chi connectivity index (χ2v) is 20.9. The Kier molecular flexibility index (Phi) is 12.5. The van der Waals surface area contributed by atoms with Crippen LogP contribution < -0.4 is 0 Å². The van der Waals surface area contributed by atoms with Crippen LogP contribution in [0.2, 0.25) is 0 Å². The molecule has 3 aromatic heterocycles. The molecule has 0 spiro atoms. The molecule has 0 aliphatic heterocycles. The zero-order valence-corrected chi connectivity index (χ0v) is 38.7. The monoisotopic (exact) mass is 821 g/mol. The molecule has 1 saturated carbocycles. The number of hydrogen-bond acceptors (Lipinski definition) is 6. The summed E-state index contributed by atoms with van der Waals surface area (Å²) in [6.07, 6.45) is 14.0. The topological polar surface area (TPSA) is 75.8 Å². The SMILES string of the molecule is CC1(/N=C\c2ccc(-c3ccc(C(C)(C)C)cc3)nc2)CC(/N=C\c2ccc(-c3ccc(C(C)(C)C)cc3)nc2)CC(C)(/N=C\c2ccc(-c3ccc(C(C)(C)C)cc3)nc2)C1. The predicted molar refractivity (Wildman–Crippen MR) is 262 cm³/mol. The van der Waals surface area contributed by atoms with E-state index < -0.39 is 11.1 Å². The van der Waals surface area contributed by atoms with Crippen LogP contribution in [-0.4, -0.2) is 50.7 Å². The van der Waals surface area contributed by atoms with Gasteiger partial charge in [0.2, 0.25) is 0 Å². The lowest BCUT2D eigenvalue weighted by Crippen LogP contribution is -2.45. The van der Waals surface area contributed by atoms with Gasteiger partial charge in [0.05, 0.1) is 34.2 Å². The van der Waals surface area contributed by atoms with Crippen LogP contribution in [0.4, 0.5) is 0 Å². The summed E-state index contributed by atoms with van der Waals surface area (Å²) in [5.41, 5.74) is 12.5. The second-order valence-electron chi connectivity index (χ2n) is 20.9. The van der Waals surface area contributed by atoms with Crippen molar-refractivity contribution in [3.63, 3.8) is 0 Å². The first-order valence-corrected chi connectivity index (χ1v) is 22.1. The molecule has 1 aliphatic rings. The van der Waals surface area contributed by atoms with E-state index in [2.05, 4.69) is 185 Å². The summed E-state index contributed by atoms with van der Waals surface area (Å²) in [4.78, 5) is 30.2. The van der Waals surface area contributed by atoms with Gasteiger partial charge in [-0.2, -0.15) is 0 Å². The molecule has 6 aromatic rings. The molecule has 6 nitrogen and oxygen atoms in total. The molecule has 318 valence electrons. The summed E-state index contributed by atoms with van der Waals surface area (Å²) >= 11 is 0. The zero-order valence-electron chi connectivity index (χ0n) is 38.7. The van der Waals surface area contributed by atoms with Crippen LogP contribution in [0.3, 0.4) is 0 Å². The van der Waals surface area contributed by atoms with Gasteiger partial charge in [-0.1, -0.05) is 135 Å². The summed E-state index contributed by atoms with van der Waals surface area (Å²) in [6, 6.07) is 38.7. The molecule has 3 heterocycles. The van der Waals surface area contributed by atoms with Crippen molar-refractivity contribution in [3.8, 4) is 33.8 Å². The van der Waals surface area contributed by atoms with E-state index in [1.165, 1.54) is 16.7 Å². The van der Waals surface area contributed by atoms with E-state index in [0.717, 1.165) is 69.7 Å². The Labute approximate surface area is 370 Å². The van der Waals surface area contributed by atoms with Gasteiger partial charge in [0, 0.05) is 70.6 Å². The third kappa shape index (κ3) is 11.1. The summed E-state index contributed by atoms with van der Waals surface area (Å²) in [7, 11) is 0. The molecule has 2 atom stereocenters. The fourth-order valence-electron chi connectivity index (χ4n) is 8.39. The molecule has 1 aliphatic carbocycles. The van der Waals surface area contributed by atoms with Gasteiger partial charge in [-0.25, -0.2) is 0 Å². The number of aliphatic imine (C=N–C) groups is 3. The van der Waals surface area contributed by atoms with Crippen molar-refractivity contribution >= 4 is 18.6 Å². The molecule has 7 rings (SSSR count). The van der Waals surface area contributed by atoms with Crippen molar-refractivity contribution in [2.75, 3.05) is 0 Å². The van der Waals surface area contributed by atoms with E-state index in [-0.39, 0.29) is 22.3 Å². The molecule has 1 fully saturated rings. The minimum absolute atomic E-state index is 0.00538. The first-order chi connectivity index (χ1) is 29.2. The molecule has 0 amide bonds. The molecule has 2 unspecified atom stereocenters. The minimum atomic E-state index is -0.406. The van der Waals surface area contributed by atoms with Crippen LogP contribution in [0.5, 0.6) is 0 Å². The lowest BCUT2D eigenvalue weighted by Gasteiger charge is -2.43. The quantitative estimate of drug-likeness (QED) is 0.136. The highest BCUT2D eigenvalue weighted by atomic mass is 15.0. The molecule has 0 N–H and O–H groups in total. The first-order valence-electron chi connectivity index (χ1n) is 22.1. The van der Waals surface area contributed by atoms with Crippen molar-refractivity contribution < 1.29 is 0 Å². The smallest absolute Gasteiger partial charge is 0.0702 e. The maximum absolute atomic E-state index is 5.28. The summed E-state index contributed by atoms with van der Waals surface area (Å²) < 4.78 is 0. The highest BCUT2D eigenvalue weighted by Gasteiger charge is 2.43. The van der Waals surface area contributed by atoms with Crippen molar-refractivity contribution in [2.24, 2.45) is 15.0 Å². The molecular formula is C56H64N6. The molecular weight excluding hydrogens is 757 g/mol. The van der Waals surface area contributed by atoms with E-state index in [1.54, 1.807) is 0 Å². The van der Waals surface area contributed by atoms with Gasteiger partial charge in [0.1, 0.15) is 0 Å². The number of aromatic nitrogens is 3. The van der Waals surface area contributed by atoms with Gasteiger partial charge in [-0.3, -0.25) is 29.9 Å². The number of rotatable bonds is 9. The lowest BCUT2D eigenvalue weighted by atomic mass is 9.71. The number of pyridine rings is 3. The van der Waals surface area contributed by atoms with Crippen LogP contribution in [0.15, 0.2) is 143 Å². The van der Waals surface area contributed by atoms with Crippen LogP contribution in [0.1, 0.15) is 129 Å². The molecule has 0 radical (unpaired) electrons. The Morgan fingerprint density at radius 1 is 0.435 bits per heavy atom. The van der Waals surface area contributed by atoms with Crippen LogP contribution >= 0.6 is 0 Å². The summed E-state index contributed by atoms with van der Waals surface area (Å²) in [5.74, 6) is 0. The summed E-state index contributed by atoms with van der Waals surface area (Å²) in [5, 5.41) is 0. The van der Waals surface area contributed by atoms with Crippen LogP contribution in [0, 0.1) is 0 Å². The lowest BCUT2D eigenvalue weighted by molar-refractivity contribution is 0.204. The normalized spacial score (nSPS) is 20.1. The average Bonchev–Trinajstić information content (AvgIpc) is 3.24. The Hall–Kier alpha value is -5.88. The van der Waals surface area contributed by atoms with E-state index in [4.69, 9.17) is 29.9 Å². The van der Waals surface area contributed by atoms with Gasteiger partial charge in [0.25, 0.3) is 0 Å². The zero-order chi connectivity index (χ0) is 44.3. The highest BCUT2D eigenvalue weighted by molar-refractivity contribution is 5.82. The number of hydrogen-bond donors (Lipinski definition) is 0. The van der Waals surface area contributed by atoms with Crippen molar-refractivity contribution in [1.82, 2.24) is 15.0 Å². The molecule has 0 saturated heterocycles. The first kappa shape index (κ1) is 44.2. The van der Waals surface area contributed by atoms with E-state index in [0.29, 0.717) is 0 Å². The Morgan fingerprint density at radius 3 is 1.02 bits per heavy atom. The Bertz CT molecular complexity index is 2390. The molecule has 6 heteroatoms. The maximum atomic E-state index is 5.28. The third-order valence-corrected chi connectivity index (χ3v) is 12.1. The predicted octanol–water partition coefficient (Wildman–Crippen LogP) is 13.5. The third-order valence-electron chi connectivity index (χ3n) is 12.1. The maximum Gasteiger partial charge on any atom is 0.0702 e. The Morgan fingerprint density at radius 2 is 0.742 bits per heavy atom. The van der Waals surface area contributed by atoms with Gasteiger partial charge < -0.3 is 0 Å². The van der Waals surface area contributed by atoms with Gasteiger partial charge in [-0.15, -0.1) is 0 Å². The standard InChI is InChI=1S/C56H64N6/c1-52(2,3)45-21-15-42(16-22-45)49-27-12-39(33-58-49)32-57-48-30-55(10,61-36-40-13-28-50(59-34-40)43-17-23-46(24-18-43)53(4,5)6)38-56(11,31-48)62-37-41-14-29-51(60-35-41)44-19-25-47(26-20-44)54(7,8)9/h12-29,32-37,48H,30-31,38H2,1-11H3/b57-32-,61-36-,62-37-. The summed E-state index contributed by atoms with van der Waals surface area (Å²) in [6.45, 7) is 24.6. The highest BCUT2D eigenvalue weighted by Crippen LogP contribution is 2.42. The van der Waals surface area contributed by atoms with Gasteiger partial charge >= 0.3 is 0 Å². The molecule has 62 heavy (non-hydrogen) atoms. The fourth-order valence-corrected chi connectivity index (χ4v) is 8.39. The van der Waals surface area contributed by atoms with E-state index in [9.17, 15) is 0 Å². The minimum Gasteiger partial charge on any atom is -0.289 e. The second kappa shape index (κ2) is 17.5. The van der Waals surface area contributed by atoms with Crippen LogP contribution in [-0.2, 0) is 16.2 Å². The van der Waals surface area contributed by atoms with Crippen molar-refractivity contribution in [2.45, 2.75) is 129 Å². The largest absolute Gasteiger partial charge is 0.289 e. The molecule has 3 aromatic carbocycles. The molecule has 0 bridgehead atoms. The van der Waals surface area contributed by atoms with E-state index >= 15 is 0 Å². The average molecular weight is 821 g/mol. The fraction of sp³-hybridized carbons (Fsp3) is 0.357. The van der Waals surface area contributed by atoms with Gasteiger partial charge in [0.15, 0.2) is 0 Å². The number of nitrogens with zero attached hydrogens (tertiary/aromatic N) is 6. The number of benzene rings is 3. The van der Waals surface area contributed by atoms with Crippen molar-refractivity contribution in [3.05, 3.63) is 161 Å². The van der Waals surface area contributed by atoms with Crippen LogP contribution in [0.25, 0.3) is 33.8 Å².